The van der Waals surface area contributed by atoms with E-state index >= 15 is 0 Å². The first-order valence-corrected chi connectivity index (χ1v) is 31.3. The lowest BCUT2D eigenvalue weighted by Crippen LogP contribution is -2.63. The number of Topliss-reactive ketones (excluding diaryl/α,β-unsaturated/α-hetero) is 1. The zero-order valence-electron chi connectivity index (χ0n) is 47.2. The number of aromatic nitrogens is 1. The largest absolute Gasteiger partial charge is 0.524 e. The molecule has 0 radical (unpaired) electrons. The number of benzene rings is 2. The molecule has 440 valence electrons. The summed E-state index contributed by atoms with van der Waals surface area (Å²) in [6.45, 7) is 6.35. The van der Waals surface area contributed by atoms with Crippen LogP contribution < -0.4 is 19.7 Å². The number of carbonyl (C=O) groups excluding carboxylic acids is 4. The highest BCUT2D eigenvalue weighted by Gasteiger charge is 2.76. The Bertz CT molecular complexity index is 2780. The summed E-state index contributed by atoms with van der Waals surface area (Å²) in [4.78, 5) is 73.5. The Morgan fingerprint density at radius 1 is 0.914 bits per heavy atom. The molecule has 2 aromatic carbocycles. The lowest BCUT2D eigenvalue weighted by Gasteiger charge is -2.59. The van der Waals surface area contributed by atoms with Gasteiger partial charge in [0.1, 0.15) is 11.3 Å². The monoisotopic (exact) mass is 1140 g/mol. The van der Waals surface area contributed by atoms with Gasteiger partial charge in [0.2, 0.25) is 5.78 Å². The number of ether oxygens (including phenoxy) is 4. The Morgan fingerprint density at radius 3 is 2.48 bits per heavy atom. The fourth-order valence-corrected chi connectivity index (χ4v) is 15.1. The standard InChI is InChI=1S/C63H84N3O14P/c1-61-29-28-49(67)36-48(61)25-26-50-51-37-56-63(62(51,2)38-52(68)58(50)61,79-60(78-56)44-20-9-6-10-21-44)55(70)42-77-57(71)23-15-31-65-59(72)46-22-16-32-66(40-46)41-47-35-45(24-27-54(47)80-81(73,74)75)53(69)39-64-30-12-3-4-13-33-76-34-14-11-19-43-17-7-5-8-18-43/h5,7-8,16-18,22,24,27-29,32,35-36,40,44,50-53,56,58,60,64,68-69H,3-4,6,9-15,19-21,23,25-26,30-31,33-34,37-39,41-42H2,1-2H3,(H2-,65,72,73,74,75)/p+1/t50?,51?,52-,53?,56-,58?,60+,61-,62-,63+/m0/s1. The van der Waals surface area contributed by atoms with E-state index in [0.29, 0.717) is 30.5 Å². The van der Waals surface area contributed by atoms with Crippen molar-refractivity contribution in [1.82, 2.24) is 10.6 Å². The van der Waals surface area contributed by atoms with Crippen molar-refractivity contribution in [3.63, 3.8) is 0 Å². The smallest absolute Gasteiger partial charge is 0.458 e. The molecule has 0 bridgehead atoms. The molecule has 1 saturated heterocycles. The molecule has 5 aliphatic carbocycles. The van der Waals surface area contributed by atoms with E-state index in [0.717, 1.165) is 109 Å². The van der Waals surface area contributed by atoms with Crippen LogP contribution in [0.25, 0.3) is 0 Å². The average Bonchev–Trinajstić information content (AvgIpc) is 3.12. The second-order valence-electron chi connectivity index (χ2n) is 24.0. The number of pyridine rings is 1. The molecule has 10 atom stereocenters. The number of hydrogen-bond donors (Lipinski definition) is 6. The van der Waals surface area contributed by atoms with Gasteiger partial charge in [-0.3, -0.25) is 29.0 Å². The number of aliphatic hydroxyl groups is 2. The van der Waals surface area contributed by atoms with Crippen LogP contribution in [-0.4, -0.2) is 107 Å². The lowest BCUT2D eigenvalue weighted by atomic mass is 9.46. The predicted molar refractivity (Wildman–Crippen MR) is 301 cm³/mol. The number of fused-ring (bicyclic) bond motifs is 7. The SMILES string of the molecule is C[C@]12C=CC(=O)C=C1CCC1C2[C@@H](O)C[C@@]2(C)C1C[C@@H]1O[C@@H](C3CCCCC3)O[C@]12C(=O)COC(=O)CCCNC(=O)c1ccc[n+](Cc2cc(C(O)CNCCCCCCOCCCCc3ccccc3)ccc2OP(=O)(O)O)c1. The number of phosphoric acid groups is 1. The molecule has 1 aromatic heterocycles. The highest BCUT2D eigenvalue weighted by Crippen LogP contribution is 2.70. The fraction of sp³-hybridized carbons (Fsp3) is 0.603. The van der Waals surface area contributed by atoms with E-state index in [-0.39, 0.29) is 79.0 Å². The molecule has 18 heteroatoms. The minimum absolute atomic E-state index is 0.0131. The quantitative estimate of drug-likeness (QED) is 0.0174. The molecule has 5 fully saturated rings. The number of hydrogen-bond acceptors (Lipinski definition) is 13. The lowest BCUT2D eigenvalue weighted by molar-refractivity contribution is -0.688. The van der Waals surface area contributed by atoms with Crippen LogP contribution in [0.15, 0.2) is 96.9 Å². The van der Waals surface area contributed by atoms with E-state index in [1.165, 1.54) is 11.6 Å². The van der Waals surface area contributed by atoms with Gasteiger partial charge < -0.3 is 44.3 Å². The molecule has 6 N–H and O–H groups in total. The number of ketones is 2. The Balaban J connectivity index is 0.731. The average molecular weight is 1140 g/mol. The molecule has 9 rings (SSSR count). The number of carbonyl (C=O) groups is 4. The van der Waals surface area contributed by atoms with Gasteiger partial charge in [-0.15, -0.1) is 0 Å². The van der Waals surface area contributed by atoms with E-state index in [4.69, 9.17) is 23.5 Å². The third-order valence-corrected chi connectivity index (χ3v) is 19.1. The van der Waals surface area contributed by atoms with Crippen LogP contribution >= 0.6 is 7.82 Å². The number of nitrogens with zero attached hydrogens (tertiary/aromatic N) is 1. The molecule has 17 nitrogen and oxygen atoms in total. The number of aliphatic hydroxyl groups excluding tert-OH is 2. The van der Waals surface area contributed by atoms with Gasteiger partial charge in [-0.1, -0.05) is 94.0 Å². The molecule has 1 amide bonds. The molecule has 3 aromatic rings. The van der Waals surface area contributed by atoms with Crippen molar-refractivity contribution in [2.24, 2.45) is 34.5 Å². The first-order valence-electron chi connectivity index (χ1n) is 29.8. The van der Waals surface area contributed by atoms with Crippen LogP contribution in [-0.2, 0) is 50.9 Å². The van der Waals surface area contributed by atoms with Crippen molar-refractivity contribution in [2.45, 2.75) is 166 Å². The normalized spacial score (nSPS) is 28.3. The van der Waals surface area contributed by atoms with Crippen LogP contribution in [0.4, 0.5) is 0 Å². The van der Waals surface area contributed by atoms with Crippen molar-refractivity contribution in [3.8, 4) is 5.75 Å². The summed E-state index contributed by atoms with van der Waals surface area (Å²) in [5.41, 5.74) is 0.884. The molecular formula is C63H85N3O14P+. The van der Waals surface area contributed by atoms with E-state index in [9.17, 15) is 43.7 Å². The van der Waals surface area contributed by atoms with Crippen molar-refractivity contribution in [2.75, 3.05) is 39.5 Å². The number of rotatable bonds is 28. The van der Waals surface area contributed by atoms with Crippen LogP contribution in [0.5, 0.6) is 5.75 Å². The molecule has 6 aliphatic rings. The Kier molecular flexibility index (Phi) is 20.4. The second-order valence-corrected chi connectivity index (χ2v) is 25.2. The van der Waals surface area contributed by atoms with Gasteiger partial charge in [-0.25, -0.2) is 4.57 Å². The van der Waals surface area contributed by atoms with Crippen LogP contribution in [0, 0.1) is 34.5 Å². The summed E-state index contributed by atoms with van der Waals surface area (Å²) in [5.74, 6) is -1.44. The summed E-state index contributed by atoms with van der Waals surface area (Å²) in [6, 6.07) is 18.4. The number of unbranched alkanes of at least 4 members (excludes halogenated alkanes) is 4. The third-order valence-electron chi connectivity index (χ3n) is 18.6. The van der Waals surface area contributed by atoms with Crippen molar-refractivity contribution in [1.29, 1.82) is 0 Å². The molecule has 1 aliphatic heterocycles. The van der Waals surface area contributed by atoms with E-state index < -0.39 is 67.3 Å². The van der Waals surface area contributed by atoms with Gasteiger partial charge >= 0.3 is 13.8 Å². The number of esters is 1. The first-order chi connectivity index (χ1) is 39.0. The molecule has 0 spiro atoms. The highest BCUT2D eigenvalue weighted by atomic mass is 31.2. The maximum atomic E-state index is 14.9. The van der Waals surface area contributed by atoms with Crippen molar-refractivity contribution < 1.29 is 71.8 Å². The van der Waals surface area contributed by atoms with Crippen LogP contribution in [0.1, 0.15) is 156 Å². The minimum Gasteiger partial charge on any atom is -0.458 e. The summed E-state index contributed by atoms with van der Waals surface area (Å²) in [7, 11) is -4.94. The first kappa shape index (κ1) is 60.6. The summed E-state index contributed by atoms with van der Waals surface area (Å²) in [6.07, 6.45) is 20.7. The van der Waals surface area contributed by atoms with Gasteiger partial charge in [0.15, 0.2) is 43.2 Å². The van der Waals surface area contributed by atoms with Gasteiger partial charge in [-0.2, -0.15) is 4.57 Å². The Hall–Kier alpha value is -4.94. The predicted octanol–water partition coefficient (Wildman–Crippen LogP) is 8.29. The molecule has 2 heterocycles. The zero-order valence-corrected chi connectivity index (χ0v) is 48.1. The third kappa shape index (κ3) is 14.4. The summed E-state index contributed by atoms with van der Waals surface area (Å²) in [5, 5.41) is 29.4. The fourth-order valence-electron chi connectivity index (χ4n) is 14.6. The van der Waals surface area contributed by atoms with E-state index in [1.54, 1.807) is 53.4 Å². The highest BCUT2D eigenvalue weighted by molar-refractivity contribution is 7.46. The topological polar surface area (TPSA) is 240 Å². The van der Waals surface area contributed by atoms with Gasteiger partial charge in [-0.05, 0) is 137 Å². The van der Waals surface area contributed by atoms with Crippen molar-refractivity contribution >= 4 is 31.3 Å². The maximum absolute atomic E-state index is 14.9. The number of nitrogens with one attached hydrogen (secondary N) is 2. The van der Waals surface area contributed by atoms with E-state index in [2.05, 4.69) is 48.7 Å². The zero-order chi connectivity index (χ0) is 57.2. The molecule has 81 heavy (non-hydrogen) atoms. The minimum atomic E-state index is -4.94. The molecule has 4 saturated carbocycles. The van der Waals surface area contributed by atoms with Crippen molar-refractivity contribution in [3.05, 3.63) is 119 Å². The van der Waals surface area contributed by atoms with E-state index in [1.807, 2.05) is 12.1 Å². The summed E-state index contributed by atoms with van der Waals surface area (Å²) >= 11 is 0. The number of aryl methyl sites for hydroxylation is 1. The van der Waals surface area contributed by atoms with Gasteiger partial charge in [0.25, 0.3) is 5.91 Å². The number of phosphoric ester groups is 1. The summed E-state index contributed by atoms with van der Waals surface area (Å²) < 4.78 is 44.0. The molecular weight excluding hydrogens is 1050 g/mol. The second kappa shape index (κ2) is 27.2. The van der Waals surface area contributed by atoms with Gasteiger partial charge in [0, 0.05) is 61.5 Å². The number of amides is 1. The Morgan fingerprint density at radius 2 is 1.69 bits per heavy atom. The molecule has 4 unspecified atom stereocenters. The van der Waals surface area contributed by atoms with Gasteiger partial charge in [0.05, 0.1) is 23.9 Å². The van der Waals surface area contributed by atoms with Crippen LogP contribution in [0.3, 0.4) is 0 Å². The Labute approximate surface area is 476 Å². The van der Waals surface area contributed by atoms with Crippen LogP contribution in [0.2, 0.25) is 0 Å². The number of allylic oxidation sites excluding steroid dienone is 4. The maximum Gasteiger partial charge on any atom is 0.524 e.